The van der Waals surface area contributed by atoms with Gasteiger partial charge in [0.25, 0.3) is 11.8 Å². The molecule has 1 unspecified atom stereocenters. The first-order valence-electron chi connectivity index (χ1n) is 9.57. The second-order valence-electron chi connectivity index (χ2n) is 7.31. The van der Waals surface area contributed by atoms with Gasteiger partial charge in [0.05, 0.1) is 0 Å². The Morgan fingerprint density at radius 2 is 2.10 bits per heavy atom. The zero-order valence-corrected chi connectivity index (χ0v) is 17.0. The van der Waals surface area contributed by atoms with Crippen LogP contribution in [0.5, 0.6) is 0 Å². The van der Waals surface area contributed by atoms with Crippen molar-refractivity contribution < 1.29 is 14.7 Å². The maximum Gasteiger partial charge on any atom is 0.267 e. The van der Waals surface area contributed by atoms with Crippen molar-refractivity contribution in [3.63, 3.8) is 0 Å². The van der Waals surface area contributed by atoms with Crippen LogP contribution in [-0.4, -0.2) is 60.5 Å². The van der Waals surface area contributed by atoms with Crippen LogP contribution in [0.3, 0.4) is 0 Å². The van der Waals surface area contributed by atoms with Crippen LogP contribution in [0.15, 0.2) is 42.7 Å². The van der Waals surface area contributed by atoms with Gasteiger partial charge in [0.15, 0.2) is 5.82 Å². The summed E-state index contributed by atoms with van der Waals surface area (Å²) in [7, 11) is 1.63. The van der Waals surface area contributed by atoms with Crippen molar-refractivity contribution in [2.24, 2.45) is 5.73 Å². The molecule has 3 heterocycles. The Hall–Kier alpha value is -4.03. The van der Waals surface area contributed by atoms with Crippen LogP contribution in [0.1, 0.15) is 28.3 Å². The van der Waals surface area contributed by atoms with Gasteiger partial charge in [0, 0.05) is 49.6 Å². The van der Waals surface area contributed by atoms with E-state index in [0.29, 0.717) is 35.1 Å². The van der Waals surface area contributed by atoms with Crippen molar-refractivity contribution >= 4 is 11.8 Å². The summed E-state index contributed by atoms with van der Waals surface area (Å²) in [4.78, 5) is 38.4. The number of rotatable bonds is 3. The lowest BCUT2D eigenvalue weighted by atomic mass is 10.0. The number of amides is 2. The number of aryl methyl sites for hydroxylation is 1. The monoisotopic (exact) mass is 416 g/mol. The molecule has 1 fully saturated rings. The second-order valence-corrected chi connectivity index (χ2v) is 7.31. The number of primary amides is 1. The molecule has 2 amide bonds. The number of nitrogens with zero attached hydrogens (tertiary/aromatic N) is 5. The quantitative estimate of drug-likeness (QED) is 0.605. The van der Waals surface area contributed by atoms with Gasteiger partial charge in [-0.3, -0.25) is 14.2 Å². The minimum atomic E-state index is -1.68. The van der Waals surface area contributed by atoms with E-state index in [1.807, 2.05) is 6.92 Å². The number of likely N-dealkylation sites (N-methyl/N-ethyl adjacent to an activating group) is 1. The number of carbonyl (C=O) groups is 2. The van der Waals surface area contributed by atoms with E-state index in [4.69, 9.17) is 5.73 Å². The molecule has 1 aliphatic rings. The summed E-state index contributed by atoms with van der Waals surface area (Å²) in [5.41, 5.74) is 5.03. The van der Waals surface area contributed by atoms with Gasteiger partial charge in [-0.25, -0.2) is 15.0 Å². The Labute approximate surface area is 178 Å². The van der Waals surface area contributed by atoms with Gasteiger partial charge in [-0.2, -0.15) is 0 Å². The van der Waals surface area contributed by atoms with E-state index >= 15 is 0 Å². The Balaban J connectivity index is 1.74. The van der Waals surface area contributed by atoms with Crippen LogP contribution in [-0.2, 0) is 4.79 Å². The van der Waals surface area contributed by atoms with Gasteiger partial charge < -0.3 is 15.7 Å². The Morgan fingerprint density at radius 3 is 2.74 bits per heavy atom. The number of carbonyl (C=O) groups excluding carboxylic acids is 2. The average molecular weight is 416 g/mol. The average Bonchev–Trinajstić information content (AvgIpc) is 3.31. The van der Waals surface area contributed by atoms with E-state index in [9.17, 15) is 14.7 Å². The zero-order valence-electron chi connectivity index (χ0n) is 17.0. The summed E-state index contributed by atoms with van der Waals surface area (Å²) in [6.45, 7) is 2.27. The number of hydrogen-bond acceptors (Lipinski definition) is 6. The van der Waals surface area contributed by atoms with Crippen LogP contribution < -0.4 is 5.73 Å². The maximum atomic E-state index is 12.1. The van der Waals surface area contributed by atoms with Gasteiger partial charge in [0.1, 0.15) is 17.3 Å². The number of nitrogens with two attached hydrogens (primary N) is 1. The molecule has 3 aromatic rings. The van der Waals surface area contributed by atoms with E-state index in [-0.39, 0.29) is 12.1 Å². The molecule has 1 aromatic carbocycles. The molecular weight excluding hydrogens is 396 g/mol. The fourth-order valence-electron chi connectivity index (χ4n) is 3.31. The standard InChI is InChI=1S/C22H20N6O3/c1-14-24-9-11-28(14)18-13-17(19(23)29)25-20(26-18)16-5-3-4-15(12-16)6-7-22(31)8-10-27(2)21(22)30/h3-5,9,11-13,31H,8,10H2,1-2H3,(H2,23,29). The Bertz CT molecular complexity index is 1260. The largest absolute Gasteiger partial charge is 0.369 e. The molecule has 0 saturated carbocycles. The van der Waals surface area contributed by atoms with Gasteiger partial charge >= 0.3 is 0 Å². The number of aliphatic hydroxyl groups is 1. The maximum absolute atomic E-state index is 12.1. The molecule has 2 aromatic heterocycles. The molecule has 9 heteroatoms. The normalized spacial score (nSPS) is 18.0. The molecule has 0 aliphatic carbocycles. The van der Waals surface area contributed by atoms with E-state index in [1.54, 1.807) is 48.3 Å². The zero-order chi connectivity index (χ0) is 22.2. The highest BCUT2D eigenvalue weighted by atomic mass is 16.3. The first kappa shape index (κ1) is 20.3. The van der Waals surface area contributed by atoms with Crippen LogP contribution in [0.25, 0.3) is 17.2 Å². The number of hydrogen-bond donors (Lipinski definition) is 2. The summed E-state index contributed by atoms with van der Waals surface area (Å²) in [6.07, 6.45) is 3.61. The highest BCUT2D eigenvalue weighted by Crippen LogP contribution is 2.22. The third-order valence-electron chi connectivity index (χ3n) is 5.08. The molecule has 31 heavy (non-hydrogen) atoms. The van der Waals surface area contributed by atoms with E-state index < -0.39 is 17.4 Å². The van der Waals surface area contributed by atoms with Gasteiger partial charge in [-0.05, 0) is 19.1 Å². The summed E-state index contributed by atoms with van der Waals surface area (Å²) in [6, 6.07) is 8.52. The van der Waals surface area contributed by atoms with Gasteiger partial charge in [0.2, 0.25) is 5.60 Å². The highest BCUT2D eigenvalue weighted by molar-refractivity contribution is 5.92. The highest BCUT2D eigenvalue weighted by Gasteiger charge is 2.42. The minimum absolute atomic E-state index is 0.0680. The SMILES string of the molecule is Cc1nccn1-c1cc(C(N)=O)nc(-c2cccc(C#CC3(O)CCN(C)C3=O)c2)n1. The number of likely N-dealkylation sites (tertiary alicyclic amines) is 1. The summed E-state index contributed by atoms with van der Waals surface area (Å²) in [5.74, 6) is 5.91. The number of benzene rings is 1. The van der Waals surface area contributed by atoms with Gasteiger partial charge in [-0.1, -0.05) is 24.0 Å². The lowest BCUT2D eigenvalue weighted by Gasteiger charge is -2.13. The predicted octanol–water partition coefficient (Wildman–Crippen LogP) is 0.681. The molecule has 4 rings (SSSR count). The summed E-state index contributed by atoms with van der Waals surface area (Å²) in [5, 5.41) is 10.5. The first-order chi connectivity index (χ1) is 14.8. The molecule has 0 bridgehead atoms. The molecule has 0 spiro atoms. The second kappa shape index (κ2) is 7.66. The van der Waals surface area contributed by atoms with Crippen molar-refractivity contribution in [3.8, 4) is 29.0 Å². The number of imidazole rings is 1. The predicted molar refractivity (Wildman–Crippen MR) is 112 cm³/mol. The van der Waals surface area contributed by atoms with Crippen LogP contribution >= 0.6 is 0 Å². The number of aromatic nitrogens is 4. The molecule has 156 valence electrons. The van der Waals surface area contributed by atoms with Crippen LogP contribution in [0.2, 0.25) is 0 Å². The van der Waals surface area contributed by atoms with Crippen molar-refractivity contribution in [1.29, 1.82) is 0 Å². The smallest absolute Gasteiger partial charge is 0.267 e. The molecule has 9 nitrogen and oxygen atoms in total. The van der Waals surface area contributed by atoms with Crippen molar-refractivity contribution in [1.82, 2.24) is 24.4 Å². The Kier molecular flexibility index (Phi) is 5.01. The molecule has 1 atom stereocenters. The third-order valence-corrected chi connectivity index (χ3v) is 5.08. The van der Waals surface area contributed by atoms with Crippen molar-refractivity contribution in [2.45, 2.75) is 18.9 Å². The summed E-state index contributed by atoms with van der Waals surface area (Å²) < 4.78 is 1.72. The molecule has 3 N–H and O–H groups in total. The lowest BCUT2D eigenvalue weighted by molar-refractivity contribution is -0.137. The molecular formula is C22H20N6O3. The fraction of sp³-hybridized carbons (Fsp3) is 0.227. The van der Waals surface area contributed by atoms with E-state index in [0.717, 1.165) is 0 Å². The Morgan fingerprint density at radius 1 is 1.29 bits per heavy atom. The molecule has 1 saturated heterocycles. The summed E-state index contributed by atoms with van der Waals surface area (Å²) >= 11 is 0. The van der Waals surface area contributed by atoms with E-state index in [1.165, 1.54) is 11.0 Å². The molecule has 0 radical (unpaired) electrons. The topological polar surface area (TPSA) is 127 Å². The van der Waals surface area contributed by atoms with Crippen LogP contribution in [0, 0.1) is 18.8 Å². The van der Waals surface area contributed by atoms with Crippen molar-refractivity contribution in [3.05, 3.63) is 59.8 Å². The van der Waals surface area contributed by atoms with Crippen LogP contribution in [0.4, 0.5) is 0 Å². The fourth-order valence-corrected chi connectivity index (χ4v) is 3.31. The van der Waals surface area contributed by atoms with Gasteiger partial charge in [-0.15, -0.1) is 0 Å². The third kappa shape index (κ3) is 3.89. The minimum Gasteiger partial charge on any atom is -0.369 e. The first-order valence-corrected chi connectivity index (χ1v) is 9.57. The van der Waals surface area contributed by atoms with Crippen molar-refractivity contribution in [2.75, 3.05) is 13.6 Å². The molecule has 1 aliphatic heterocycles. The van der Waals surface area contributed by atoms with E-state index in [2.05, 4.69) is 26.8 Å². The lowest BCUT2D eigenvalue weighted by Crippen LogP contribution is -2.37.